The average molecular weight is 1200 g/mol. The summed E-state index contributed by atoms with van der Waals surface area (Å²) < 4.78 is 12.3. The smallest absolute Gasteiger partial charge is 0.338 e. The molecule has 0 bridgehead atoms. The predicted octanol–water partition coefficient (Wildman–Crippen LogP) is 23.4. The van der Waals surface area contributed by atoms with Gasteiger partial charge in [-0.05, 0) is 262 Å². The van der Waals surface area contributed by atoms with Crippen LogP contribution >= 0.6 is 0 Å². The van der Waals surface area contributed by atoms with Crippen LogP contribution in [0.2, 0.25) is 0 Å². The molecule has 0 heterocycles. The van der Waals surface area contributed by atoms with Crippen molar-refractivity contribution in [2.45, 2.75) is 217 Å². The van der Waals surface area contributed by atoms with Gasteiger partial charge in [0.1, 0.15) is 12.2 Å². The van der Waals surface area contributed by atoms with Crippen LogP contribution in [0.3, 0.4) is 0 Å². The molecule has 8 aliphatic rings. The molecule has 0 aliphatic heterocycles. The van der Waals surface area contributed by atoms with Gasteiger partial charge in [0.25, 0.3) is 0 Å². The minimum Gasteiger partial charge on any atom is -0.458 e. The lowest BCUT2D eigenvalue weighted by atomic mass is 9.48. The van der Waals surface area contributed by atoms with Crippen LogP contribution in [0.5, 0.6) is 0 Å². The van der Waals surface area contributed by atoms with E-state index in [1.54, 1.807) is 23.3 Å². The predicted molar refractivity (Wildman–Crippen MR) is 363 cm³/mol. The largest absolute Gasteiger partial charge is 0.458 e. The third-order valence-corrected chi connectivity index (χ3v) is 25.0. The molecular formula is C81H110N4O4. The summed E-state index contributed by atoms with van der Waals surface area (Å²) in [7, 11) is 0. The molecule has 18 atom stereocenters. The highest BCUT2D eigenvalue weighted by molar-refractivity contribution is 5.90. The minimum atomic E-state index is -0.229. The van der Waals surface area contributed by atoms with Gasteiger partial charge in [-0.2, -0.15) is 20.5 Å². The van der Waals surface area contributed by atoms with Gasteiger partial charge in [-0.1, -0.05) is 167 Å². The van der Waals surface area contributed by atoms with E-state index in [1.165, 1.54) is 95.5 Å². The summed E-state index contributed by atoms with van der Waals surface area (Å²) in [5.41, 5.74) is 9.08. The van der Waals surface area contributed by atoms with Crippen LogP contribution in [0.15, 0.2) is 147 Å². The van der Waals surface area contributed by atoms with E-state index in [2.05, 4.69) is 109 Å². The molecule has 0 spiro atoms. The summed E-state index contributed by atoms with van der Waals surface area (Å²) in [5, 5.41) is 17.2. The summed E-state index contributed by atoms with van der Waals surface area (Å²) in [6, 6.07) is 32.2. The molecule has 4 aromatic rings. The maximum Gasteiger partial charge on any atom is 0.338 e. The quantitative estimate of drug-likeness (QED) is 0.0562. The van der Waals surface area contributed by atoms with Crippen LogP contribution in [-0.4, -0.2) is 24.1 Å². The standard InChI is InChI=1S/C41H56N2O2.C40H54N2O2/c1-26(2)8-7-9-28(4)35-20-21-37-36-19-14-31-25-34(22-23-41(31,6)38(36)24-29(5)39(35)37)45-40(44)30-12-17-33(18-13-30)43-42-32-15-10-27(3)11-16-32;1-26(2)10-9-11-27(3)34-20-21-36-35-19-16-30-25-33(22-23-40(30,5)37(35)24-28(4)38(34)36)44-39(43)29-14-17-32(18-15-29)42-41-31-12-7-6-8-13-31/h10-18,26,28-29,34-39H,7-9,19-25H2,1-6H3;6-8,12-18,26-28,33-38H,9-11,19-25H2,1-5H3. The summed E-state index contributed by atoms with van der Waals surface area (Å²) in [5.74, 6) is 13.3. The average Bonchev–Trinajstić information content (AvgIpc) is 1.77. The fourth-order valence-electron chi connectivity index (χ4n) is 20.3. The second-order valence-electron chi connectivity index (χ2n) is 31.5. The van der Waals surface area contributed by atoms with Crippen LogP contribution < -0.4 is 0 Å². The Hall–Kier alpha value is -5.50. The second kappa shape index (κ2) is 28.6. The second-order valence-corrected chi connectivity index (χ2v) is 31.5. The first-order valence-corrected chi connectivity index (χ1v) is 35.8. The Morgan fingerprint density at radius 1 is 0.483 bits per heavy atom. The fourth-order valence-corrected chi connectivity index (χ4v) is 20.3. The summed E-state index contributed by atoms with van der Waals surface area (Å²) >= 11 is 0. The highest BCUT2D eigenvalue weighted by Gasteiger charge is 2.59. The molecule has 8 nitrogen and oxygen atoms in total. The molecule has 0 radical (unpaired) electrons. The van der Waals surface area contributed by atoms with E-state index < -0.39 is 0 Å². The molecule has 8 aliphatic carbocycles. The molecule has 0 N–H and O–H groups in total. The Labute approximate surface area is 536 Å². The van der Waals surface area contributed by atoms with Crippen molar-refractivity contribution in [2.24, 2.45) is 126 Å². The first-order valence-electron chi connectivity index (χ1n) is 35.8. The number of carbonyl (C=O) groups excluding carboxylic acids is 2. The van der Waals surface area contributed by atoms with Crippen molar-refractivity contribution in [3.8, 4) is 0 Å². The highest BCUT2D eigenvalue weighted by atomic mass is 16.5. The van der Waals surface area contributed by atoms with Crippen LogP contribution in [0.25, 0.3) is 0 Å². The van der Waals surface area contributed by atoms with Crippen molar-refractivity contribution in [3.63, 3.8) is 0 Å². The van der Waals surface area contributed by atoms with Crippen molar-refractivity contribution in [1.82, 2.24) is 0 Å². The van der Waals surface area contributed by atoms with E-state index in [-0.39, 0.29) is 35.0 Å². The van der Waals surface area contributed by atoms with E-state index in [1.807, 2.05) is 91.0 Å². The number of nitrogens with zero attached hydrogens (tertiary/aromatic N) is 4. The highest BCUT2D eigenvalue weighted by Crippen LogP contribution is 2.66. The van der Waals surface area contributed by atoms with Crippen molar-refractivity contribution in [3.05, 3.63) is 143 Å². The van der Waals surface area contributed by atoms with Crippen LogP contribution in [0, 0.1) is 112 Å². The number of hydrogen-bond donors (Lipinski definition) is 0. The van der Waals surface area contributed by atoms with E-state index in [4.69, 9.17) is 9.47 Å². The zero-order valence-electron chi connectivity index (χ0n) is 56.4. The molecular weight excluding hydrogens is 1090 g/mol. The van der Waals surface area contributed by atoms with Gasteiger partial charge < -0.3 is 9.47 Å². The lowest BCUT2D eigenvalue weighted by molar-refractivity contribution is -0.0447. The van der Waals surface area contributed by atoms with Gasteiger partial charge in [0.15, 0.2) is 0 Å². The van der Waals surface area contributed by atoms with Crippen LogP contribution in [0.1, 0.15) is 224 Å². The van der Waals surface area contributed by atoms with Crippen LogP contribution in [0.4, 0.5) is 22.7 Å². The van der Waals surface area contributed by atoms with Crippen molar-refractivity contribution < 1.29 is 19.1 Å². The number of rotatable bonds is 18. The Morgan fingerprint density at radius 2 is 0.865 bits per heavy atom. The molecule has 0 aromatic heterocycles. The topological polar surface area (TPSA) is 102 Å². The van der Waals surface area contributed by atoms with Gasteiger partial charge >= 0.3 is 11.9 Å². The normalized spacial score (nSPS) is 33.5. The minimum absolute atomic E-state index is 0.0351. The molecule has 0 amide bonds. The number of fused-ring (bicyclic) bond motifs is 10. The Kier molecular flexibility index (Phi) is 20.9. The number of esters is 2. The molecule has 89 heavy (non-hydrogen) atoms. The maximum absolute atomic E-state index is 13.2. The monoisotopic (exact) mass is 1200 g/mol. The van der Waals surface area contributed by atoms with Crippen molar-refractivity contribution in [1.29, 1.82) is 0 Å². The van der Waals surface area contributed by atoms with E-state index >= 15 is 0 Å². The van der Waals surface area contributed by atoms with Gasteiger partial charge in [-0.3, -0.25) is 0 Å². The fraction of sp³-hybridized carbons (Fsp3) is 0.630. The Balaban J connectivity index is 0.000000184. The van der Waals surface area contributed by atoms with Gasteiger partial charge in [0.05, 0.1) is 33.9 Å². The van der Waals surface area contributed by atoms with Gasteiger partial charge in [0.2, 0.25) is 0 Å². The summed E-state index contributed by atoms with van der Waals surface area (Å²) in [6.07, 6.45) is 30.5. The first-order chi connectivity index (χ1) is 42.8. The number of ether oxygens (including phenoxy) is 2. The number of azo groups is 2. The number of allylic oxidation sites excluding steroid dienone is 2. The van der Waals surface area contributed by atoms with Gasteiger partial charge in [-0.25, -0.2) is 9.59 Å². The zero-order valence-corrected chi connectivity index (χ0v) is 56.4. The lowest BCUT2D eigenvalue weighted by Gasteiger charge is -2.57. The van der Waals surface area contributed by atoms with E-state index in [0.29, 0.717) is 11.1 Å². The third-order valence-electron chi connectivity index (χ3n) is 25.0. The van der Waals surface area contributed by atoms with Crippen molar-refractivity contribution in [2.75, 3.05) is 0 Å². The lowest BCUT2D eigenvalue weighted by Crippen LogP contribution is -2.50. The first kappa shape index (κ1) is 65.0. The number of hydrogen-bond acceptors (Lipinski definition) is 8. The molecule has 0 saturated heterocycles. The van der Waals surface area contributed by atoms with Crippen molar-refractivity contribution >= 4 is 34.7 Å². The third kappa shape index (κ3) is 14.7. The molecule has 8 heteroatoms. The number of aryl methyl sites for hydroxylation is 1. The van der Waals surface area contributed by atoms with E-state index in [9.17, 15) is 9.59 Å². The van der Waals surface area contributed by atoms with Gasteiger partial charge in [0, 0.05) is 12.8 Å². The Bertz CT molecular complexity index is 3130. The maximum atomic E-state index is 13.2. The molecule has 478 valence electrons. The molecule has 4 aromatic carbocycles. The van der Waals surface area contributed by atoms with Crippen LogP contribution in [-0.2, 0) is 9.47 Å². The number of carbonyl (C=O) groups is 2. The number of benzene rings is 4. The van der Waals surface area contributed by atoms with E-state index in [0.717, 1.165) is 156 Å². The zero-order chi connectivity index (χ0) is 62.6. The summed E-state index contributed by atoms with van der Waals surface area (Å²) in [6.45, 7) is 27.0. The SMILES string of the molecule is CC(C)CCCC(C)C1CCC2C3CC=C4CC(OC(=O)c5ccc(N=Nc6ccccc6)cc5)CCC4(C)C3CC(C)C12.Cc1ccc(N=Nc2ccc(C(=O)OC3CCC4(C)C(=CCC5C6CCC(C(C)CCCC(C)C)C6C(C)CC54)C3)cc2)cc1. The Morgan fingerprint density at radius 3 is 1.26 bits per heavy atom. The van der Waals surface area contributed by atoms with Gasteiger partial charge in [-0.15, -0.1) is 0 Å². The summed E-state index contributed by atoms with van der Waals surface area (Å²) in [4.78, 5) is 26.3. The molecule has 12 rings (SSSR count). The molecule has 6 saturated carbocycles. The molecule has 6 fully saturated rings. The molecule has 18 unspecified atom stereocenters.